The van der Waals surface area contributed by atoms with E-state index in [1.165, 1.54) is 34.5 Å². The van der Waals surface area contributed by atoms with Crippen molar-refractivity contribution in [1.82, 2.24) is 9.21 Å². The first kappa shape index (κ1) is 23.7. The van der Waals surface area contributed by atoms with E-state index in [0.717, 1.165) is 12.0 Å². The lowest BCUT2D eigenvalue weighted by atomic mass is 9.99. The monoisotopic (exact) mass is 461 g/mol. The number of hydrogen-bond acceptors (Lipinski definition) is 6. The third-order valence-corrected chi connectivity index (χ3v) is 7.76. The SMILES string of the molecule is CCC(C)c1ccc(S(=O)(=O)N2CCN(C(=O)c3cc([N+](=O)[O-])ccc3OC)CC2)cc1. The average Bonchev–Trinajstić information content (AvgIpc) is 2.82. The van der Waals surface area contributed by atoms with E-state index >= 15 is 0 Å². The summed E-state index contributed by atoms with van der Waals surface area (Å²) in [6, 6.07) is 10.8. The van der Waals surface area contributed by atoms with Crippen molar-refractivity contribution in [3.05, 3.63) is 63.7 Å². The van der Waals surface area contributed by atoms with Crippen molar-refractivity contribution in [2.24, 2.45) is 0 Å². The van der Waals surface area contributed by atoms with E-state index in [1.807, 2.05) is 12.1 Å². The van der Waals surface area contributed by atoms with Gasteiger partial charge in [0.15, 0.2) is 0 Å². The van der Waals surface area contributed by atoms with E-state index < -0.39 is 20.9 Å². The molecule has 1 heterocycles. The van der Waals surface area contributed by atoms with Crippen LogP contribution in [0.1, 0.15) is 42.1 Å². The van der Waals surface area contributed by atoms with Crippen LogP contribution in [0.3, 0.4) is 0 Å². The van der Waals surface area contributed by atoms with Crippen molar-refractivity contribution in [2.45, 2.75) is 31.1 Å². The van der Waals surface area contributed by atoms with Crippen molar-refractivity contribution < 1.29 is 22.9 Å². The minimum Gasteiger partial charge on any atom is -0.496 e. The number of nitrogens with zero attached hydrogens (tertiary/aromatic N) is 3. The molecule has 0 spiro atoms. The van der Waals surface area contributed by atoms with E-state index in [9.17, 15) is 23.3 Å². The average molecular weight is 462 g/mol. The first-order chi connectivity index (χ1) is 15.2. The van der Waals surface area contributed by atoms with Crippen molar-refractivity contribution >= 4 is 21.6 Å². The van der Waals surface area contributed by atoms with Gasteiger partial charge in [-0.15, -0.1) is 0 Å². The Bertz CT molecular complexity index is 1090. The van der Waals surface area contributed by atoms with Gasteiger partial charge < -0.3 is 9.64 Å². The Morgan fingerprint density at radius 3 is 2.28 bits per heavy atom. The molecule has 9 nitrogen and oxygen atoms in total. The summed E-state index contributed by atoms with van der Waals surface area (Å²) < 4.78 is 32.6. The molecule has 1 fully saturated rings. The lowest BCUT2D eigenvalue weighted by molar-refractivity contribution is -0.384. The molecule has 2 aromatic rings. The molecule has 172 valence electrons. The summed E-state index contributed by atoms with van der Waals surface area (Å²) in [6.07, 6.45) is 0.970. The van der Waals surface area contributed by atoms with Crippen LogP contribution in [0.5, 0.6) is 5.75 Å². The third kappa shape index (κ3) is 4.76. The molecular formula is C22H27N3O6S. The largest absolute Gasteiger partial charge is 0.496 e. The summed E-state index contributed by atoms with van der Waals surface area (Å²) in [7, 11) is -2.29. The quantitative estimate of drug-likeness (QED) is 0.462. The van der Waals surface area contributed by atoms with Crippen molar-refractivity contribution in [1.29, 1.82) is 0 Å². The van der Waals surface area contributed by atoms with Crippen LogP contribution in [0.4, 0.5) is 5.69 Å². The molecule has 0 aromatic heterocycles. The lowest BCUT2D eigenvalue weighted by Crippen LogP contribution is -2.50. The number of nitro benzene ring substituents is 1. The standard InChI is InChI=1S/C22H27N3O6S/c1-4-16(2)17-5-8-19(9-6-17)32(29,30)24-13-11-23(12-14-24)22(26)20-15-18(25(27)28)7-10-21(20)31-3/h5-10,15-16H,4,11-14H2,1-3H3. The molecule has 2 aromatic carbocycles. The van der Waals surface area contributed by atoms with Gasteiger partial charge in [0.05, 0.1) is 22.5 Å². The molecule has 10 heteroatoms. The van der Waals surface area contributed by atoms with Crippen LogP contribution < -0.4 is 4.74 Å². The number of amides is 1. The third-order valence-electron chi connectivity index (χ3n) is 5.85. The minimum atomic E-state index is -3.67. The fourth-order valence-corrected chi connectivity index (χ4v) is 5.05. The Kier molecular flexibility index (Phi) is 7.15. The number of ether oxygens (including phenoxy) is 1. The molecule has 1 aliphatic heterocycles. The Morgan fingerprint density at radius 1 is 1.12 bits per heavy atom. The highest BCUT2D eigenvalue weighted by atomic mass is 32.2. The zero-order chi connectivity index (χ0) is 23.5. The molecule has 1 amide bonds. The zero-order valence-corrected chi connectivity index (χ0v) is 19.2. The topological polar surface area (TPSA) is 110 Å². The highest BCUT2D eigenvalue weighted by Crippen LogP contribution is 2.27. The van der Waals surface area contributed by atoms with Crippen LogP contribution in [-0.4, -0.2) is 61.7 Å². The second-order valence-corrected chi connectivity index (χ2v) is 9.65. The van der Waals surface area contributed by atoms with Gasteiger partial charge in [-0.3, -0.25) is 14.9 Å². The smallest absolute Gasteiger partial charge is 0.270 e. The Balaban J connectivity index is 1.72. The molecule has 1 atom stereocenters. The molecule has 0 N–H and O–H groups in total. The summed E-state index contributed by atoms with van der Waals surface area (Å²) in [4.78, 5) is 25.2. The molecule has 0 saturated carbocycles. The molecule has 3 rings (SSSR count). The molecule has 0 aliphatic carbocycles. The van der Waals surface area contributed by atoms with Gasteiger partial charge in [-0.1, -0.05) is 26.0 Å². The van der Waals surface area contributed by atoms with Gasteiger partial charge in [0.25, 0.3) is 11.6 Å². The van der Waals surface area contributed by atoms with Crippen LogP contribution in [0.25, 0.3) is 0 Å². The summed E-state index contributed by atoms with van der Waals surface area (Å²) in [5, 5.41) is 11.1. The normalized spacial score (nSPS) is 15.9. The van der Waals surface area contributed by atoms with Gasteiger partial charge in [-0.25, -0.2) is 8.42 Å². The van der Waals surface area contributed by atoms with Crippen molar-refractivity contribution in [3.63, 3.8) is 0 Å². The molecular weight excluding hydrogens is 434 g/mol. The van der Waals surface area contributed by atoms with Gasteiger partial charge in [-0.05, 0) is 36.1 Å². The van der Waals surface area contributed by atoms with Crippen LogP contribution in [0.2, 0.25) is 0 Å². The zero-order valence-electron chi connectivity index (χ0n) is 18.4. The Morgan fingerprint density at radius 2 is 1.75 bits per heavy atom. The highest BCUT2D eigenvalue weighted by molar-refractivity contribution is 7.89. The fourth-order valence-electron chi connectivity index (χ4n) is 3.63. The molecule has 1 unspecified atom stereocenters. The van der Waals surface area contributed by atoms with Crippen molar-refractivity contribution in [3.8, 4) is 5.75 Å². The van der Waals surface area contributed by atoms with Gasteiger partial charge in [0.2, 0.25) is 10.0 Å². The predicted octanol–water partition coefficient (Wildman–Crippen LogP) is 3.26. The van der Waals surface area contributed by atoms with E-state index in [-0.39, 0.29) is 48.1 Å². The summed E-state index contributed by atoms with van der Waals surface area (Å²) >= 11 is 0. The number of benzene rings is 2. The number of rotatable bonds is 7. The minimum absolute atomic E-state index is 0.0821. The first-order valence-corrected chi connectivity index (χ1v) is 11.8. The second kappa shape index (κ2) is 9.66. The number of hydrogen-bond donors (Lipinski definition) is 0. The van der Waals surface area contributed by atoms with Crippen LogP contribution in [-0.2, 0) is 10.0 Å². The number of carbonyl (C=O) groups is 1. The van der Waals surface area contributed by atoms with E-state index in [0.29, 0.717) is 5.92 Å². The summed E-state index contributed by atoms with van der Waals surface area (Å²) in [5.74, 6) is 0.157. The fraction of sp³-hybridized carbons (Fsp3) is 0.409. The van der Waals surface area contributed by atoms with E-state index in [2.05, 4.69) is 13.8 Å². The van der Waals surface area contributed by atoms with Crippen molar-refractivity contribution in [2.75, 3.05) is 33.3 Å². The van der Waals surface area contributed by atoms with Gasteiger partial charge in [0.1, 0.15) is 5.75 Å². The van der Waals surface area contributed by atoms with Crippen LogP contribution in [0, 0.1) is 10.1 Å². The predicted molar refractivity (Wildman–Crippen MR) is 119 cm³/mol. The maximum atomic E-state index is 13.0. The second-order valence-electron chi connectivity index (χ2n) is 7.72. The maximum Gasteiger partial charge on any atom is 0.270 e. The number of nitro groups is 1. The molecule has 32 heavy (non-hydrogen) atoms. The number of piperazine rings is 1. The van der Waals surface area contributed by atoms with Gasteiger partial charge in [-0.2, -0.15) is 4.31 Å². The van der Waals surface area contributed by atoms with E-state index in [4.69, 9.17) is 4.74 Å². The summed E-state index contributed by atoms with van der Waals surface area (Å²) in [6.45, 7) is 4.80. The highest BCUT2D eigenvalue weighted by Gasteiger charge is 2.31. The van der Waals surface area contributed by atoms with Crippen LogP contribution in [0.15, 0.2) is 47.4 Å². The molecule has 1 aliphatic rings. The van der Waals surface area contributed by atoms with Gasteiger partial charge >= 0.3 is 0 Å². The van der Waals surface area contributed by atoms with E-state index in [1.54, 1.807) is 12.1 Å². The lowest BCUT2D eigenvalue weighted by Gasteiger charge is -2.34. The number of carbonyl (C=O) groups excluding carboxylic acids is 1. The molecule has 1 saturated heterocycles. The Hall–Kier alpha value is -2.98. The first-order valence-electron chi connectivity index (χ1n) is 10.4. The van der Waals surface area contributed by atoms with Crippen LogP contribution >= 0.6 is 0 Å². The number of non-ortho nitro benzene ring substituents is 1. The number of sulfonamides is 1. The molecule has 0 bridgehead atoms. The molecule has 0 radical (unpaired) electrons. The van der Waals surface area contributed by atoms with Gasteiger partial charge in [0, 0.05) is 38.3 Å². The number of methoxy groups -OCH3 is 1. The maximum absolute atomic E-state index is 13.0. The summed E-state index contributed by atoms with van der Waals surface area (Å²) in [5.41, 5.74) is 0.961. The Labute approximate surface area is 187 Å².